The normalized spacial score (nSPS) is 10.6. The zero-order valence-electron chi connectivity index (χ0n) is 16.3. The van der Waals surface area contributed by atoms with Crippen molar-refractivity contribution in [3.05, 3.63) is 72.2 Å². The third kappa shape index (κ3) is 5.54. The Morgan fingerprint density at radius 1 is 1.04 bits per heavy atom. The Balaban J connectivity index is 1.52. The summed E-state index contributed by atoms with van der Waals surface area (Å²) >= 11 is 0. The summed E-state index contributed by atoms with van der Waals surface area (Å²) in [6.07, 6.45) is 1.52. The van der Waals surface area contributed by atoms with E-state index in [2.05, 4.69) is 40.5 Å². The first-order valence-corrected chi connectivity index (χ1v) is 9.18. The molecule has 28 heavy (non-hydrogen) atoms. The van der Waals surface area contributed by atoms with Crippen molar-refractivity contribution in [2.45, 2.75) is 26.7 Å². The van der Waals surface area contributed by atoms with Gasteiger partial charge < -0.3 is 15.4 Å². The van der Waals surface area contributed by atoms with Crippen LogP contribution in [0.4, 0.5) is 17.2 Å². The first-order valence-electron chi connectivity index (χ1n) is 9.18. The first kappa shape index (κ1) is 19.4. The zero-order chi connectivity index (χ0) is 19.9. The summed E-state index contributed by atoms with van der Waals surface area (Å²) in [7, 11) is 0. The predicted molar refractivity (Wildman–Crippen MR) is 111 cm³/mol. The highest BCUT2D eigenvalue weighted by atomic mass is 16.5. The fourth-order valence-corrected chi connectivity index (χ4v) is 2.62. The van der Waals surface area contributed by atoms with E-state index >= 15 is 0 Å². The van der Waals surface area contributed by atoms with Gasteiger partial charge in [-0.25, -0.2) is 9.97 Å². The summed E-state index contributed by atoms with van der Waals surface area (Å²) in [5.74, 6) is 1.63. The lowest BCUT2D eigenvalue weighted by Gasteiger charge is -2.11. The maximum absolute atomic E-state index is 12.1. The molecule has 0 saturated carbocycles. The van der Waals surface area contributed by atoms with Crippen molar-refractivity contribution in [1.82, 2.24) is 9.97 Å². The van der Waals surface area contributed by atoms with Crippen LogP contribution in [0.25, 0.3) is 0 Å². The average molecular weight is 376 g/mol. The van der Waals surface area contributed by atoms with Crippen molar-refractivity contribution in [1.29, 1.82) is 0 Å². The van der Waals surface area contributed by atoms with E-state index in [1.165, 1.54) is 11.9 Å². The maximum Gasteiger partial charge on any atom is 0.262 e. The number of hydrogen-bond acceptors (Lipinski definition) is 5. The van der Waals surface area contributed by atoms with Crippen LogP contribution in [0.5, 0.6) is 5.75 Å². The van der Waals surface area contributed by atoms with Gasteiger partial charge in [0.1, 0.15) is 17.9 Å². The van der Waals surface area contributed by atoms with Crippen LogP contribution < -0.4 is 15.4 Å². The van der Waals surface area contributed by atoms with Gasteiger partial charge in [0.25, 0.3) is 5.91 Å². The predicted octanol–water partition coefficient (Wildman–Crippen LogP) is 4.67. The van der Waals surface area contributed by atoms with Gasteiger partial charge in [0.15, 0.2) is 6.61 Å². The SMILES string of the molecule is Cc1cc(Nc2ccc(NC(=O)COc3cccc(C(C)C)c3)cc2)ncn1. The molecule has 1 aromatic heterocycles. The van der Waals surface area contributed by atoms with Crippen molar-refractivity contribution in [2.24, 2.45) is 0 Å². The lowest BCUT2D eigenvalue weighted by molar-refractivity contribution is -0.118. The summed E-state index contributed by atoms with van der Waals surface area (Å²) in [5, 5.41) is 6.03. The van der Waals surface area contributed by atoms with E-state index in [9.17, 15) is 4.79 Å². The van der Waals surface area contributed by atoms with Crippen molar-refractivity contribution >= 4 is 23.1 Å². The quantitative estimate of drug-likeness (QED) is 0.627. The standard InChI is InChI=1S/C22H24N4O2/c1-15(2)17-5-4-6-20(12-17)28-13-22(27)26-19-9-7-18(8-10-19)25-21-11-16(3)23-14-24-21/h4-12,14-15H,13H2,1-3H3,(H,26,27)(H,23,24,25). The van der Waals surface area contributed by atoms with Gasteiger partial charge in [0, 0.05) is 23.1 Å². The highest BCUT2D eigenvalue weighted by Gasteiger charge is 2.06. The van der Waals surface area contributed by atoms with E-state index in [1.807, 2.05) is 55.5 Å². The molecule has 0 unspecified atom stereocenters. The Hall–Kier alpha value is -3.41. The largest absolute Gasteiger partial charge is 0.484 e. The van der Waals surface area contributed by atoms with E-state index in [1.54, 1.807) is 0 Å². The molecular formula is C22H24N4O2. The van der Waals surface area contributed by atoms with Gasteiger partial charge in [-0.3, -0.25) is 4.79 Å². The molecule has 1 heterocycles. The minimum Gasteiger partial charge on any atom is -0.484 e. The number of carbonyl (C=O) groups excluding carboxylic acids is 1. The summed E-state index contributed by atoms with van der Waals surface area (Å²) in [6, 6.07) is 17.1. The summed E-state index contributed by atoms with van der Waals surface area (Å²) in [5.41, 5.74) is 3.65. The summed E-state index contributed by atoms with van der Waals surface area (Å²) in [6.45, 7) is 6.11. The van der Waals surface area contributed by atoms with Gasteiger partial charge in [-0.05, 0) is 54.8 Å². The number of amides is 1. The van der Waals surface area contributed by atoms with Crippen molar-refractivity contribution in [3.63, 3.8) is 0 Å². The second kappa shape index (κ2) is 8.99. The molecule has 0 bridgehead atoms. The Bertz CT molecular complexity index is 939. The van der Waals surface area contributed by atoms with Crippen LogP contribution in [-0.4, -0.2) is 22.5 Å². The van der Waals surface area contributed by atoms with Crippen LogP contribution in [0.1, 0.15) is 31.0 Å². The van der Waals surface area contributed by atoms with Crippen molar-refractivity contribution in [2.75, 3.05) is 17.2 Å². The molecule has 0 aliphatic heterocycles. The highest BCUT2D eigenvalue weighted by Crippen LogP contribution is 2.20. The molecule has 3 aromatic rings. The van der Waals surface area contributed by atoms with Crippen LogP contribution in [0.15, 0.2) is 60.9 Å². The Kier molecular flexibility index (Phi) is 6.22. The molecule has 0 saturated heterocycles. The number of hydrogen-bond donors (Lipinski definition) is 2. The third-order valence-electron chi connectivity index (χ3n) is 4.14. The van der Waals surface area contributed by atoms with E-state index in [0.717, 1.165) is 17.2 Å². The van der Waals surface area contributed by atoms with E-state index < -0.39 is 0 Å². The second-order valence-electron chi connectivity index (χ2n) is 6.81. The van der Waals surface area contributed by atoms with Crippen LogP contribution >= 0.6 is 0 Å². The minimum absolute atomic E-state index is 0.0399. The van der Waals surface area contributed by atoms with Gasteiger partial charge in [0.2, 0.25) is 0 Å². The van der Waals surface area contributed by atoms with Gasteiger partial charge in [0.05, 0.1) is 0 Å². The maximum atomic E-state index is 12.1. The van der Waals surface area contributed by atoms with Gasteiger partial charge in [-0.2, -0.15) is 0 Å². The van der Waals surface area contributed by atoms with Crippen molar-refractivity contribution in [3.8, 4) is 5.75 Å². The smallest absolute Gasteiger partial charge is 0.262 e. The Morgan fingerprint density at radius 3 is 2.50 bits per heavy atom. The summed E-state index contributed by atoms with van der Waals surface area (Å²) in [4.78, 5) is 20.4. The molecule has 144 valence electrons. The van der Waals surface area contributed by atoms with Gasteiger partial charge in [-0.15, -0.1) is 0 Å². The number of aryl methyl sites for hydroxylation is 1. The number of rotatable bonds is 7. The number of anilines is 3. The minimum atomic E-state index is -0.206. The van der Waals surface area contributed by atoms with E-state index in [0.29, 0.717) is 17.4 Å². The number of nitrogens with one attached hydrogen (secondary N) is 2. The van der Waals surface area contributed by atoms with Gasteiger partial charge in [-0.1, -0.05) is 26.0 Å². The molecule has 6 nitrogen and oxygen atoms in total. The fourth-order valence-electron chi connectivity index (χ4n) is 2.62. The number of ether oxygens (including phenoxy) is 1. The molecule has 0 atom stereocenters. The molecule has 1 amide bonds. The number of benzene rings is 2. The zero-order valence-corrected chi connectivity index (χ0v) is 16.3. The molecular weight excluding hydrogens is 352 g/mol. The van der Waals surface area contributed by atoms with Crippen LogP contribution in [-0.2, 0) is 4.79 Å². The topological polar surface area (TPSA) is 76.1 Å². The Morgan fingerprint density at radius 2 is 1.79 bits per heavy atom. The fraction of sp³-hybridized carbons (Fsp3) is 0.227. The Labute approximate surface area is 165 Å². The highest BCUT2D eigenvalue weighted by molar-refractivity contribution is 5.92. The average Bonchev–Trinajstić information content (AvgIpc) is 2.68. The molecule has 0 fully saturated rings. The van der Waals surface area contributed by atoms with Crippen molar-refractivity contribution < 1.29 is 9.53 Å². The molecule has 0 spiro atoms. The lowest BCUT2D eigenvalue weighted by Crippen LogP contribution is -2.20. The molecule has 0 aliphatic carbocycles. The second-order valence-corrected chi connectivity index (χ2v) is 6.81. The van der Waals surface area contributed by atoms with Crippen LogP contribution in [0, 0.1) is 6.92 Å². The van der Waals surface area contributed by atoms with Gasteiger partial charge >= 0.3 is 0 Å². The molecule has 0 aliphatic rings. The molecule has 6 heteroatoms. The monoisotopic (exact) mass is 376 g/mol. The molecule has 3 rings (SSSR count). The molecule has 2 aromatic carbocycles. The van der Waals surface area contributed by atoms with Crippen LogP contribution in [0.2, 0.25) is 0 Å². The first-order chi connectivity index (χ1) is 13.5. The molecule has 2 N–H and O–H groups in total. The summed E-state index contributed by atoms with van der Waals surface area (Å²) < 4.78 is 5.61. The van der Waals surface area contributed by atoms with Crippen LogP contribution in [0.3, 0.4) is 0 Å². The van der Waals surface area contributed by atoms with E-state index in [4.69, 9.17) is 4.74 Å². The number of nitrogens with zero attached hydrogens (tertiary/aromatic N) is 2. The number of carbonyl (C=O) groups is 1. The number of aromatic nitrogens is 2. The lowest BCUT2D eigenvalue weighted by atomic mass is 10.0. The van der Waals surface area contributed by atoms with E-state index in [-0.39, 0.29) is 12.5 Å². The third-order valence-corrected chi connectivity index (χ3v) is 4.14. The molecule has 0 radical (unpaired) electrons.